The van der Waals surface area contributed by atoms with Crippen LogP contribution in [0.15, 0.2) is 60.9 Å². The standard InChI is InChI=1S/C26H24N4O2S/c1-16(27)33-13-7-12-30-15-20(18-9-4-6-11-22(18)30)24-23(25(31)28-26(24)32)19-14-29(2)21-10-5-3-8-17(19)21/h3-6,8-11,14-15,27H,7,12-13H2,1-2H3,(H,28,31,32). The fourth-order valence-electron chi connectivity index (χ4n) is 4.60. The van der Waals surface area contributed by atoms with Crippen molar-refractivity contribution in [1.82, 2.24) is 14.5 Å². The second-order valence-corrected chi connectivity index (χ2v) is 9.52. The van der Waals surface area contributed by atoms with Crippen LogP contribution in [0.25, 0.3) is 33.0 Å². The molecule has 2 N–H and O–H groups in total. The Morgan fingerprint density at radius 3 is 2.15 bits per heavy atom. The third-order valence-electron chi connectivity index (χ3n) is 6.02. The summed E-state index contributed by atoms with van der Waals surface area (Å²) in [7, 11) is 1.95. The van der Waals surface area contributed by atoms with Crippen LogP contribution in [0.2, 0.25) is 0 Å². The summed E-state index contributed by atoms with van der Waals surface area (Å²) < 4.78 is 4.13. The number of amides is 2. The normalized spacial score (nSPS) is 14.0. The van der Waals surface area contributed by atoms with E-state index in [2.05, 4.69) is 9.88 Å². The van der Waals surface area contributed by atoms with Crippen LogP contribution in [0.3, 0.4) is 0 Å². The Morgan fingerprint density at radius 1 is 0.909 bits per heavy atom. The summed E-state index contributed by atoms with van der Waals surface area (Å²) in [6, 6.07) is 15.9. The van der Waals surface area contributed by atoms with Gasteiger partial charge in [0.1, 0.15) is 0 Å². The molecule has 2 amide bonds. The Morgan fingerprint density at radius 2 is 1.48 bits per heavy atom. The van der Waals surface area contributed by atoms with Gasteiger partial charge >= 0.3 is 0 Å². The molecule has 0 saturated heterocycles. The van der Waals surface area contributed by atoms with E-state index in [4.69, 9.17) is 5.41 Å². The number of imide groups is 1. The topological polar surface area (TPSA) is 79.9 Å². The SMILES string of the molecule is CC(=N)SCCCn1cc(C2=C(c3cn(C)c4ccccc34)C(=O)NC2=O)c2ccccc21. The van der Waals surface area contributed by atoms with Crippen molar-refractivity contribution in [3.05, 3.63) is 72.1 Å². The lowest BCUT2D eigenvalue weighted by molar-refractivity contribution is -0.122. The molecule has 2 aromatic heterocycles. The van der Waals surface area contributed by atoms with Gasteiger partial charge in [-0.25, -0.2) is 0 Å². The molecule has 0 radical (unpaired) electrons. The maximum Gasteiger partial charge on any atom is 0.259 e. The molecule has 2 aromatic carbocycles. The minimum atomic E-state index is -0.360. The first-order valence-electron chi connectivity index (χ1n) is 10.9. The van der Waals surface area contributed by atoms with Crippen LogP contribution in [0.5, 0.6) is 0 Å². The number of aryl methyl sites for hydroxylation is 2. The summed E-state index contributed by atoms with van der Waals surface area (Å²) in [6.07, 6.45) is 4.82. The molecule has 7 heteroatoms. The van der Waals surface area contributed by atoms with Gasteiger partial charge < -0.3 is 9.13 Å². The number of rotatable bonds is 6. The fraction of sp³-hybridized carbons (Fsp3) is 0.192. The van der Waals surface area contributed by atoms with E-state index in [0.29, 0.717) is 16.2 Å². The summed E-state index contributed by atoms with van der Waals surface area (Å²) in [5, 5.41) is 12.6. The van der Waals surface area contributed by atoms with Crippen molar-refractivity contribution < 1.29 is 9.59 Å². The van der Waals surface area contributed by atoms with Gasteiger partial charge in [-0.05, 0) is 25.5 Å². The van der Waals surface area contributed by atoms with Crippen LogP contribution in [-0.2, 0) is 23.2 Å². The Hall–Kier alpha value is -3.58. The van der Waals surface area contributed by atoms with Crippen molar-refractivity contribution in [3.8, 4) is 0 Å². The van der Waals surface area contributed by atoms with Crippen LogP contribution in [0.1, 0.15) is 24.5 Å². The highest BCUT2D eigenvalue weighted by atomic mass is 32.2. The molecule has 3 heterocycles. The number of benzene rings is 2. The Kier molecular flexibility index (Phi) is 5.42. The number of nitrogens with one attached hydrogen (secondary N) is 2. The molecule has 0 bridgehead atoms. The van der Waals surface area contributed by atoms with Gasteiger partial charge in [0.2, 0.25) is 0 Å². The highest BCUT2D eigenvalue weighted by molar-refractivity contribution is 8.13. The van der Waals surface area contributed by atoms with Crippen molar-refractivity contribution in [1.29, 1.82) is 5.41 Å². The molecular weight excluding hydrogens is 432 g/mol. The molecule has 0 atom stereocenters. The Balaban J connectivity index is 1.67. The zero-order valence-corrected chi connectivity index (χ0v) is 19.3. The molecule has 33 heavy (non-hydrogen) atoms. The van der Waals surface area contributed by atoms with Gasteiger partial charge in [-0.2, -0.15) is 0 Å². The average molecular weight is 457 g/mol. The minimum Gasteiger partial charge on any atom is -0.350 e. The van der Waals surface area contributed by atoms with Gasteiger partial charge in [0.15, 0.2) is 0 Å². The second kappa shape index (κ2) is 8.41. The molecule has 1 aliphatic heterocycles. The van der Waals surface area contributed by atoms with Gasteiger partial charge in [-0.3, -0.25) is 20.3 Å². The van der Waals surface area contributed by atoms with E-state index in [1.165, 1.54) is 11.8 Å². The highest BCUT2D eigenvalue weighted by Crippen LogP contribution is 2.38. The third-order valence-corrected chi connectivity index (χ3v) is 6.94. The van der Waals surface area contributed by atoms with E-state index < -0.39 is 0 Å². The third kappa shape index (κ3) is 3.68. The number of para-hydroxylation sites is 2. The summed E-state index contributed by atoms with van der Waals surface area (Å²) in [4.78, 5) is 26.1. The summed E-state index contributed by atoms with van der Waals surface area (Å²) in [5.41, 5.74) is 4.42. The van der Waals surface area contributed by atoms with E-state index in [1.807, 2.05) is 72.5 Å². The van der Waals surface area contributed by atoms with E-state index in [0.717, 1.165) is 51.7 Å². The van der Waals surface area contributed by atoms with Gasteiger partial charge in [-0.15, -0.1) is 11.8 Å². The van der Waals surface area contributed by atoms with Crippen LogP contribution >= 0.6 is 11.8 Å². The molecule has 5 rings (SSSR count). The first-order valence-corrected chi connectivity index (χ1v) is 11.8. The van der Waals surface area contributed by atoms with E-state index in [9.17, 15) is 9.59 Å². The molecule has 166 valence electrons. The molecule has 0 spiro atoms. The number of nitrogens with zero attached hydrogens (tertiary/aromatic N) is 2. The number of hydrogen-bond donors (Lipinski definition) is 2. The number of carbonyl (C=O) groups is 2. The smallest absolute Gasteiger partial charge is 0.259 e. The number of thioether (sulfide) groups is 1. The molecular formula is C26H24N4O2S. The van der Waals surface area contributed by atoms with Crippen LogP contribution in [0, 0.1) is 5.41 Å². The lowest BCUT2D eigenvalue weighted by Crippen LogP contribution is -2.22. The lowest BCUT2D eigenvalue weighted by atomic mass is 9.95. The van der Waals surface area contributed by atoms with Gasteiger partial charge in [0.25, 0.3) is 11.8 Å². The number of carbonyl (C=O) groups excluding carboxylic acids is 2. The molecule has 0 unspecified atom stereocenters. The lowest BCUT2D eigenvalue weighted by Gasteiger charge is -2.04. The van der Waals surface area contributed by atoms with Crippen molar-refractivity contribution in [2.75, 3.05) is 5.75 Å². The zero-order valence-electron chi connectivity index (χ0n) is 18.5. The van der Waals surface area contributed by atoms with E-state index >= 15 is 0 Å². The maximum atomic E-state index is 13.1. The van der Waals surface area contributed by atoms with Gasteiger partial charge in [0, 0.05) is 64.7 Å². The van der Waals surface area contributed by atoms with Crippen molar-refractivity contribution >= 4 is 61.6 Å². The molecule has 1 aliphatic rings. The summed E-state index contributed by atoms with van der Waals surface area (Å²) in [5.74, 6) is 0.141. The Bertz CT molecular complexity index is 1470. The molecule has 0 fully saturated rings. The van der Waals surface area contributed by atoms with E-state index in [1.54, 1.807) is 6.92 Å². The summed E-state index contributed by atoms with van der Waals surface area (Å²) >= 11 is 1.54. The monoisotopic (exact) mass is 456 g/mol. The first-order chi connectivity index (χ1) is 16.0. The first kappa shape index (κ1) is 21.3. The predicted molar refractivity (Wildman–Crippen MR) is 135 cm³/mol. The minimum absolute atomic E-state index is 0.360. The van der Waals surface area contributed by atoms with Crippen molar-refractivity contribution in [2.24, 2.45) is 7.05 Å². The van der Waals surface area contributed by atoms with Gasteiger partial charge in [-0.1, -0.05) is 36.4 Å². The van der Waals surface area contributed by atoms with Gasteiger partial charge in [0.05, 0.1) is 16.2 Å². The van der Waals surface area contributed by atoms with Crippen LogP contribution in [0.4, 0.5) is 0 Å². The molecule has 0 aliphatic carbocycles. The van der Waals surface area contributed by atoms with Crippen molar-refractivity contribution in [3.63, 3.8) is 0 Å². The number of hydrogen-bond acceptors (Lipinski definition) is 4. The van der Waals surface area contributed by atoms with E-state index in [-0.39, 0.29) is 11.8 Å². The fourth-order valence-corrected chi connectivity index (χ4v) is 5.18. The van der Waals surface area contributed by atoms with Crippen molar-refractivity contribution in [2.45, 2.75) is 19.9 Å². The Labute approximate surface area is 195 Å². The largest absolute Gasteiger partial charge is 0.350 e. The highest BCUT2D eigenvalue weighted by Gasteiger charge is 2.35. The van der Waals surface area contributed by atoms with Crippen LogP contribution < -0.4 is 5.32 Å². The number of aromatic nitrogens is 2. The zero-order chi connectivity index (χ0) is 23.1. The average Bonchev–Trinajstić information content (AvgIpc) is 3.42. The molecule has 6 nitrogen and oxygen atoms in total. The molecule has 0 saturated carbocycles. The summed E-state index contributed by atoms with van der Waals surface area (Å²) in [6.45, 7) is 2.57. The molecule has 4 aromatic rings. The predicted octanol–water partition coefficient (Wildman–Crippen LogP) is 4.82. The number of fused-ring (bicyclic) bond motifs is 2. The van der Waals surface area contributed by atoms with Crippen LogP contribution in [-0.4, -0.2) is 31.7 Å². The quantitative estimate of drug-likeness (QED) is 0.189. The maximum absolute atomic E-state index is 13.1. The second-order valence-electron chi connectivity index (χ2n) is 8.22.